The Morgan fingerprint density at radius 3 is 3.12 bits per heavy atom. The van der Waals surface area contributed by atoms with E-state index in [2.05, 4.69) is 10.2 Å². The second kappa shape index (κ2) is 8.04. The molecule has 5 nitrogen and oxygen atoms in total. The SMILES string of the molecule is N#CCCNC(=O)CN1CCCC1CCCO. The highest BCUT2D eigenvalue weighted by Crippen LogP contribution is 2.20. The topological polar surface area (TPSA) is 76.4 Å². The highest BCUT2D eigenvalue weighted by Gasteiger charge is 2.25. The fraction of sp³-hybridized carbons (Fsp3) is 0.833. The number of aliphatic hydroxyl groups excluding tert-OH is 1. The number of nitrogens with one attached hydrogen (secondary N) is 1. The van der Waals surface area contributed by atoms with Gasteiger partial charge in [0.1, 0.15) is 0 Å². The number of rotatable bonds is 7. The molecule has 1 atom stereocenters. The fourth-order valence-electron chi connectivity index (χ4n) is 2.26. The summed E-state index contributed by atoms with van der Waals surface area (Å²) in [6.45, 7) is 2.03. The van der Waals surface area contributed by atoms with Crippen LogP contribution in [-0.2, 0) is 4.79 Å². The molecule has 1 fully saturated rings. The van der Waals surface area contributed by atoms with E-state index < -0.39 is 0 Å². The number of aliphatic hydroxyl groups is 1. The number of carbonyl (C=O) groups is 1. The molecule has 1 unspecified atom stereocenters. The Morgan fingerprint density at radius 1 is 1.59 bits per heavy atom. The van der Waals surface area contributed by atoms with Crippen LogP contribution >= 0.6 is 0 Å². The van der Waals surface area contributed by atoms with Crippen LogP contribution in [0.1, 0.15) is 32.1 Å². The lowest BCUT2D eigenvalue weighted by atomic mass is 10.1. The van der Waals surface area contributed by atoms with Crippen LogP contribution in [0.3, 0.4) is 0 Å². The predicted molar refractivity (Wildman–Crippen MR) is 64.2 cm³/mol. The van der Waals surface area contributed by atoms with E-state index >= 15 is 0 Å². The highest BCUT2D eigenvalue weighted by atomic mass is 16.2. The van der Waals surface area contributed by atoms with Gasteiger partial charge in [-0.1, -0.05) is 0 Å². The maximum atomic E-state index is 11.6. The minimum Gasteiger partial charge on any atom is -0.396 e. The normalized spacial score (nSPS) is 20.1. The van der Waals surface area contributed by atoms with Gasteiger partial charge in [0.2, 0.25) is 5.91 Å². The van der Waals surface area contributed by atoms with Crippen molar-refractivity contribution in [2.75, 3.05) is 26.2 Å². The van der Waals surface area contributed by atoms with Crippen molar-refractivity contribution in [3.8, 4) is 6.07 Å². The number of hydrogen-bond donors (Lipinski definition) is 2. The van der Waals surface area contributed by atoms with Crippen molar-refractivity contribution in [1.82, 2.24) is 10.2 Å². The molecule has 1 saturated heterocycles. The highest BCUT2D eigenvalue weighted by molar-refractivity contribution is 5.78. The van der Waals surface area contributed by atoms with E-state index in [1.54, 1.807) is 0 Å². The Bertz CT molecular complexity index is 275. The lowest BCUT2D eigenvalue weighted by Crippen LogP contribution is -2.40. The van der Waals surface area contributed by atoms with Gasteiger partial charge in [0.15, 0.2) is 0 Å². The zero-order chi connectivity index (χ0) is 12.5. The van der Waals surface area contributed by atoms with Crippen molar-refractivity contribution in [2.45, 2.75) is 38.1 Å². The largest absolute Gasteiger partial charge is 0.396 e. The molecule has 96 valence electrons. The first-order chi connectivity index (χ1) is 8.27. The first-order valence-corrected chi connectivity index (χ1v) is 6.26. The molecule has 0 saturated carbocycles. The van der Waals surface area contributed by atoms with Crippen LogP contribution in [0, 0.1) is 11.3 Å². The predicted octanol–water partition coefficient (Wildman–Crippen LogP) is 0.253. The van der Waals surface area contributed by atoms with Gasteiger partial charge in [-0.15, -0.1) is 0 Å². The molecular weight excluding hydrogens is 218 g/mol. The van der Waals surface area contributed by atoms with Gasteiger partial charge in [-0.2, -0.15) is 5.26 Å². The number of nitriles is 1. The minimum atomic E-state index is -0.00357. The van der Waals surface area contributed by atoms with E-state index in [0.29, 0.717) is 25.6 Å². The van der Waals surface area contributed by atoms with Gasteiger partial charge < -0.3 is 10.4 Å². The van der Waals surface area contributed by atoms with E-state index in [1.807, 2.05) is 6.07 Å². The summed E-state index contributed by atoms with van der Waals surface area (Å²) in [6, 6.07) is 2.43. The van der Waals surface area contributed by atoms with E-state index in [9.17, 15) is 4.79 Å². The zero-order valence-corrected chi connectivity index (χ0v) is 10.2. The van der Waals surface area contributed by atoms with Crippen LogP contribution < -0.4 is 5.32 Å². The number of amides is 1. The number of nitrogens with zero attached hydrogens (tertiary/aromatic N) is 2. The van der Waals surface area contributed by atoms with Gasteiger partial charge in [0.25, 0.3) is 0 Å². The minimum absolute atomic E-state index is 0.00357. The first kappa shape index (κ1) is 13.9. The molecule has 0 aromatic rings. The van der Waals surface area contributed by atoms with Crippen LogP contribution in [-0.4, -0.2) is 48.2 Å². The molecule has 2 N–H and O–H groups in total. The molecule has 1 heterocycles. The lowest BCUT2D eigenvalue weighted by Gasteiger charge is -2.23. The summed E-state index contributed by atoms with van der Waals surface area (Å²) >= 11 is 0. The molecule has 1 aliphatic rings. The van der Waals surface area contributed by atoms with Crippen molar-refractivity contribution >= 4 is 5.91 Å². The summed E-state index contributed by atoms with van der Waals surface area (Å²) in [6.07, 6.45) is 4.37. The van der Waals surface area contributed by atoms with Gasteiger partial charge in [-0.3, -0.25) is 9.69 Å². The average molecular weight is 239 g/mol. The molecule has 1 rings (SSSR count). The van der Waals surface area contributed by atoms with E-state index in [1.165, 1.54) is 0 Å². The summed E-state index contributed by atoms with van der Waals surface area (Å²) < 4.78 is 0. The van der Waals surface area contributed by atoms with Gasteiger partial charge in [0.05, 0.1) is 19.0 Å². The van der Waals surface area contributed by atoms with Crippen LogP contribution in [0.2, 0.25) is 0 Å². The molecule has 0 radical (unpaired) electrons. The van der Waals surface area contributed by atoms with Gasteiger partial charge >= 0.3 is 0 Å². The molecule has 5 heteroatoms. The van der Waals surface area contributed by atoms with E-state index in [0.717, 1.165) is 32.2 Å². The molecule has 0 aromatic carbocycles. The second-order valence-corrected chi connectivity index (χ2v) is 4.39. The number of carbonyl (C=O) groups excluding carboxylic acids is 1. The van der Waals surface area contributed by atoms with Gasteiger partial charge in [-0.25, -0.2) is 0 Å². The number of likely N-dealkylation sites (tertiary alicyclic amines) is 1. The van der Waals surface area contributed by atoms with Crippen molar-refractivity contribution in [3.63, 3.8) is 0 Å². The summed E-state index contributed by atoms with van der Waals surface area (Å²) in [5.74, 6) is -0.00357. The second-order valence-electron chi connectivity index (χ2n) is 4.39. The Balaban J connectivity index is 2.24. The van der Waals surface area contributed by atoms with E-state index in [-0.39, 0.29) is 12.5 Å². The van der Waals surface area contributed by atoms with Crippen LogP contribution in [0.25, 0.3) is 0 Å². The molecule has 1 amide bonds. The molecule has 0 bridgehead atoms. The quantitative estimate of drug-likeness (QED) is 0.625. The third-order valence-corrected chi connectivity index (χ3v) is 3.10. The first-order valence-electron chi connectivity index (χ1n) is 6.26. The van der Waals surface area contributed by atoms with Crippen molar-refractivity contribution in [1.29, 1.82) is 5.26 Å². The van der Waals surface area contributed by atoms with Crippen LogP contribution in [0.15, 0.2) is 0 Å². The molecular formula is C12H21N3O2. The summed E-state index contributed by atoms with van der Waals surface area (Å²) in [5.41, 5.74) is 0. The standard InChI is InChI=1S/C12H21N3O2/c13-6-3-7-14-12(17)10-15-8-1-4-11(15)5-2-9-16/h11,16H,1-5,7-10H2,(H,14,17). The summed E-state index contributed by atoms with van der Waals surface area (Å²) in [5, 5.41) is 19.9. The zero-order valence-electron chi connectivity index (χ0n) is 10.2. The van der Waals surface area contributed by atoms with Crippen molar-refractivity contribution in [3.05, 3.63) is 0 Å². The maximum absolute atomic E-state index is 11.6. The maximum Gasteiger partial charge on any atom is 0.234 e. The fourth-order valence-corrected chi connectivity index (χ4v) is 2.26. The number of hydrogen-bond acceptors (Lipinski definition) is 4. The van der Waals surface area contributed by atoms with Crippen LogP contribution in [0.4, 0.5) is 0 Å². The van der Waals surface area contributed by atoms with E-state index in [4.69, 9.17) is 10.4 Å². The third-order valence-electron chi connectivity index (χ3n) is 3.10. The van der Waals surface area contributed by atoms with Crippen molar-refractivity contribution < 1.29 is 9.90 Å². The molecule has 0 aromatic heterocycles. The Hall–Kier alpha value is -1.12. The summed E-state index contributed by atoms with van der Waals surface area (Å²) in [7, 11) is 0. The van der Waals surface area contributed by atoms with Crippen LogP contribution in [0.5, 0.6) is 0 Å². The molecule has 1 aliphatic heterocycles. The van der Waals surface area contributed by atoms with Gasteiger partial charge in [0, 0.05) is 19.2 Å². The molecule has 0 spiro atoms. The third kappa shape index (κ3) is 5.16. The Labute approximate surface area is 102 Å². The van der Waals surface area contributed by atoms with Gasteiger partial charge in [-0.05, 0) is 32.2 Å². The molecule has 0 aliphatic carbocycles. The summed E-state index contributed by atoms with van der Waals surface area (Å²) in [4.78, 5) is 13.8. The van der Waals surface area contributed by atoms with Crippen molar-refractivity contribution in [2.24, 2.45) is 0 Å². The smallest absolute Gasteiger partial charge is 0.234 e. The average Bonchev–Trinajstić information content (AvgIpc) is 2.74. The Kier molecular flexibility index (Phi) is 6.60. The molecule has 17 heavy (non-hydrogen) atoms. The lowest BCUT2D eigenvalue weighted by molar-refractivity contribution is -0.122. The monoisotopic (exact) mass is 239 g/mol. The Morgan fingerprint density at radius 2 is 2.41 bits per heavy atom.